The average molecular weight is 767 g/mol. The Balaban J connectivity index is 1.45. The molecule has 0 saturated carbocycles. The average Bonchev–Trinajstić information content (AvgIpc) is 3.14. The first-order chi connectivity index (χ1) is 25.8. The Bertz CT molecular complexity index is 1770. The molecule has 1 saturated heterocycles. The highest BCUT2D eigenvalue weighted by Crippen LogP contribution is 2.41. The van der Waals surface area contributed by atoms with Gasteiger partial charge in [0.1, 0.15) is 12.4 Å². The van der Waals surface area contributed by atoms with Crippen molar-refractivity contribution >= 4 is 21.7 Å². The van der Waals surface area contributed by atoms with Crippen molar-refractivity contribution in [2.24, 2.45) is 11.3 Å². The van der Waals surface area contributed by atoms with E-state index in [2.05, 4.69) is 30.0 Å². The Hall–Kier alpha value is -3.52. The van der Waals surface area contributed by atoms with Crippen LogP contribution in [0.1, 0.15) is 68.2 Å². The van der Waals surface area contributed by atoms with E-state index >= 15 is 0 Å². The topological polar surface area (TPSA) is 124 Å². The Morgan fingerprint density at radius 1 is 0.981 bits per heavy atom. The summed E-state index contributed by atoms with van der Waals surface area (Å²) in [6, 6.07) is 20.5. The first-order valence-electron chi connectivity index (χ1n) is 18.9. The first kappa shape index (κ1) is 41.6. The molecule has 0 amide bonds. The third-order valence-corrected chi connectivity index (χ3v) is 12.4. The van der Waals surface area contributed by atoms with Crippen molar-refractivity contribution < 1.29 is 42.0 Å². The third-order valence-electron chi connectivity index (χ3n) is 10.4. The number of anilines is 1. The molecule has 3 aromatic carbocycles. The zero-order valence-electron chi connectivity index (χ0n) is 32.7. The molecule has 2 heterocycles. The maximum absolute atomic E-state index is 14.4. The van der Waals surface area contributed by atoms with Crippen LogP contribution in [0.15, 0.2) is 71.6 Å². The fourth-order valence-corrected chi connectivity index (χ4v) is 9.00. The zero-order valence-corrected chi connectivity index (χ0v) is 33.5. The maximum atomic E-state index is 14.4. The highest BCUT2D eigenvalue weighted by molar-refractivity contribution is 7.89. The Morgan fingerprint density at radius 3 is 2.39 bits per heavy atom. The summed E-state index contributed by atoms with van der Waals surface area (Å²) < 4.78 is 59.6. The molecule has 5 rings (SSSR count). The molecule has 54 heavy (non-hydrogen) atoms. The number of nitrogens with zero attached hydrogens (tertiary/aromatic N) is 2. The minimum atomic E-state index is -4.00. The number of sulfonamides is 1. The maximum Gasteiger partial charge on any atom is 0.309 e. The number of piperidine rings is 1. The van der Waals surface area contributed by atoms with E-state index in [0.29, 0.717) is 39.5 Å². The Morgan fingerprint density at radius 2 is 1.70 bits per heavy atom. The number of hydrogen-bond donors (Lipinski definition) is 1. The standard InChI is InChI=1S/C42H58N2O9S/c1-30-8-15-36(16-9-30)54(47,48)44-25-40(53-29-33-12-17-39-38(22-33)43(19-21-52-39)18-7-20-49-5)37(23-35(44)24-42(3,4)41(45)46)34-13-10-32(11-14-34)28-51-27-31(2)26-50-6/h8-17,22,31,35,37,40H,7,18-21,23-29H2,1-6H3,(H,45,46)/t31?,35-,37-,40+/m1/s1. The summed E-state index contributed by atoms with van der Waals surface area (Å²) in [5.41, 5.74) is 3.77. The molecule has 3 aromatic rings. The van der Waals surface area contributed by atoms with E-state index in [9.17, 15) is 18.3 Å². The van der Waals surface area contributed by atoms with Gasteiger partial charge in [0.2, 0.25) is 10.0 Å². The molecule has 296 valence electrons. The molecule has 12 heteroatoms. The van der Waals surface area contributed by atoms with Gasteiger partial charge in [-0.15, -0.1) is 0 Å². The van der Waals surface area contributed by atoms with Crippen LogP contribution < -0.4 is 9.64 Å². The van der Waals surface area contributed by atoms with Gasteiger partial charge in [0, 0.05) is 51.8 Å². The number of rotatable bonds is 19. The number of aryl methyl sites for hydroxylation is 1. The summed E-state index contributed by atoms with van der Waals surface area (Å²) >= 11 is 0. The largest absolute Gasteiger partial charge is 0.490 e. The van der Waals surface area contributed by atoms with Gasteiger partial charge in [-0.1, -0.05) is 55.0 Å². The lowest BCUT2D eigenvalue weighted by Gasteiger charge is -2.45. The van der Waals surface area contributed by atoms with Crippen LogP contribution in [0.25, 0.3) is 0 Å². The smallest absolute Gasteiger partial charge is 0.309 e. The van der Waals surface area contributed by atoms with Crippen molar-refractivity contribution in [1.82, 2.24) is 4.31 Å². The highest BCUT2D eigenvalue weighted by atomic mass is 32.2. The van der Waals surface area contributed by atoms with Crippen LogP contribution in [0, 0.1) is 18.3 Å². The summed E-state index contributed by atoms with van der Waals surface area (Å²) in [5, 5.41) is 10.2. The van der Waals surface area contributed by atoms with Crippen LogP contribution in [0.5, 0.6) is 5.75 Å². The molecule has 0 radical (unpaired) electrons. The van der Waals surface area contributed by atoms with Crippen molar-refractivity contribution in [3.05, 3.63) is 89.0 Å². The molecule has 1 unspecified atom stereocenters. The molecule has 0 bridgehead atoms. The van der Waals surface area contributed by atoms with Crippen LogP contribution in [-0.4, -0.2) is 96.2 Å². The van der Waals surface area contributed by atoms with Crippen molar-refractivity contribution in [2.75, 3.05) is 65.2 Å². The molecule has 0 aliphatic carbocycles. The SMILES string of the molecule is COCCCN1CCOc2ccc(CO[C@H]3CN(S(=O)(=O)c4ccc(C)cc4)[C@@H](CC(C)(C)C(=O)O)C[C@@H]3c3ccc(COCC(C)COC)cc3)cc21. The second kappa shape index (κ2) is 18.9. The number of aliphatic carboxylic acids is 1. The van der Waals surface area contributed by atoms with Crippen molar-refractivity contribution in [3.63, 3.8) is 0 Å². The molecule has 11 nitrogen and oxygen atoms in total. The van der Waals surface area contributed by atoms with Gasteiger partial charge in [-0.05, 0) is 81.0 Å². The quantitative estimate of drug-likeness (QED) is 0.133. The fourth-order valence-electron chi connectivity index (χ4n) is 7.35. The number of benzene rings is 3. The molecule has 0 spiro atoms. The molecule has 4 atom stereocenters. The number of methoxy groups -OCH3 is 2. The van der Waals surface area contributed by atoms with Crippen molar-refractivity contribution in [1.29, 1.82) is 0 Å². The fraction of sp³-hybridized carbons (Fsp3) is 0.548. The van der Waals surface area contributed by atoms with Gasteiger partial charge in [0.25, 0.3) is 0 Å². The second-order valence-corrected chi connectivity index (χ2v) is 17.3. The van der Waals surface area contributed by atoms with Gasteiger partial charge in [-0.25, -0.2) is 8.42 Å². The van der Waals surface area contributed by atoms with E-state index in [1.54, 1.807) is 52.3 Å². The zero-order chi connectivity index (χ0) is 38.9. The predicted octanol–water partition coefficient (Wildman–Crippen LogP) is 6.66. The molecular weight excluding hydrogens is 709 g/mol. The lowest BCUT2D eigenvalue weighted by atomic mass is 9.77. The number of fused-ring (bicyclic) bond motifs is 1. The normalized spacial score (nSPS) is 20.0. The minimum absolute atomic E-state index is 0.0701. The lowest BCUT2D eigenvalue weighted by molar-refractivity contribution is -0.148. The molecular formula is C42H58N2O9S. The van der Waals surface area contributed by atoms with E-state index in [1.165, 1.54) is 4.31 Å². The highest BCUT2D eigenvalue weighted by Gasteiger charge is 2.46. The molecule has 2 aliphatic heterocycles. The van der Waals surface area contributed by atoms with Gasteiger partial charge in [-0.2, -0.15) is 4.31 Å². The van der Waals surface area contributed by atoms with Crippen LogP contribution in [-0.2, 0) is 47.0 Å². The summed E-state index contributed by atoms with van der Waals surface area (Å²) in [6.07, 6.45) is 0.911. The number of carboxylic acids is 1. The third kappa shape index (κ3) is 10.6. The Labute approximate surface area is 321 Å². The summed E-state index contributed by atoms with van der Waals surface area (Å²) in [6.45, 7) is 12.2. The van der Waals surface area contributed by atoms with Crippen LogP contribution in [0.3, 0.4) is 0 Å². The summed E-state index contributed by atoms with van der Waals surface area (Å²) in [5.74, 6) is -0.0643. The lowest BCUT2D eigenvalue weighted by Crippen LogP contribution is -2.53. The van der Waals surface area contributed by atoms with Gasteiger partial charge in [0.15, 0.2) is 0 Å². The molecule has 1 N–H and O–H groups in total. The Kier molecular flexibility index (Phi) is 14.6. The van der Waals surface area contributed by atoms with Crippen molar-refractivity contribution in [2.45, 2.75) is 83.1 Å². The predicted molar refractivity (Wildman–Crippen MR) is 209 cm³/mol. The minimum Gasteiger partial charge on any atom is -0.490 e. The van der Waals surface area contributed by atoms with Gasteiger partial charge in [-0.3, -0.25) is 4.79 Å². The number of carboxylic acid groups (broad SMARTS) is 1. The van der Waals surface area contributed by atoms with Crippen LogP contribution >= 0.6 is 0 Å². The van der Waals surface area contributed by atoms with Crippen LogP contribution in [0.2, 0.25) is 0 Å². The van der Waals surface area contributed by atoms with Gasteiger partial charge in [0.05, 0.1) is 55.1 Å². The first-order valence-corrected chi connectivity index (χ1v) is 20.3. The molecule has 0 aromatic heterocycles. The van der Waals surface area contributed by atoms with E-state index in [-0.39, 0.29) is 36.3 Å². The molecule has 1 fully saturated rings. The molecule has 2 aliphatic rings. The monoisotopic (exact) mass is 766 g/mol. The van der Waals surface area contributed by atoms with E-state index < -0.39 is 33.6 Å². The second-order valence-electron chi connectivity index (χ2n) is 15.4. The number of hydrogen-bond acceptors (Lipinski definition) is 9. The summed E-state index contributed by atoms with van der Waals surface area (Å²) in [7, 11) is -0.615. The summed E-state index contributed by atoms with van der Waals surface area (Å²) in [4.78, 5) is 14.9. The van der Waals surface area contributed by atoms with E-state index in [1.807, 2.05) is 31.2 Å². The number of ether oxygens (including phenoxy) is 5. The van der Waals surface area contributed by atoms with Gasteiger partial charge >= 0.3 is 5.97 Å². The van der Waals surface area contributed by atoms with Crippen LogP contribution in [0.4, 0.5) is 5.69 Å². The van der Waals surface area contributed by atoms with E-state index in [4.69, 9.17) is 23.7 Å². The van der Waals surface area contributed by atoms with E-state index in [0.717, 1.165) is 53.2 Å². The van der Waals surface area contributed by atoms with Crippen molar-refractivity contribution in [3.8, 4) is 5.75 Å². The van der Waals surface area contributed by atoms with Gasteiger partial charge < -0.3 is 33.7 Å². The number of carbonyl (C=O) groups is 1.